The molecule has 2 unspecified atom stereocenters. The number of carbonyl (C=O) groups is 2. The number of hydrogen-bond acceptors (Lipinski definition) is 5. The van der Waals surface area contributed by atoms with E-state index in [9.17, 15) is 14.7 Å². The smallest absolute Gasteiger partial charge is 0.315 e. The van der Waals surface area contributed by atoms with Crippen molar-refractivity contribution in [3.8, 4) is 0 Å². The third kappa shape index (κ3) is 3.22. The molecule has 104 valence electrons. The molecule has 0 amide bonds. The Kier molecular flexibility index (Phi) is 4.37. The minimum absolute atomic E-state index is 0.127. The zero-order chi connectivity index (χ0) is 14.0. The van der Waals surface area contributed by atoms with E-state index >= 15 is 0 Å². The Morgan fingerprint density at radius 3 is 2.39 bits per heavy atom. The second kappa shape index (κ2) is 5.26. The van der Waals surface area contributed by atoms with Crippen LogP contribution in [0.15, 0.2) is 0 Å². The van der Waals surface area contributed by atoms with Gasteiger partial charge in [-0.3, -0.25) is 9.59 Å². The summed E-state index contributed by atoms with van der Waals surface area (Å²) in [5, 5.41) is 9.98. The molecule has 1 aliphatic rings. The number of rotatable bonds is 3. The number of ether oxygens (including phenoxy) is 2. The summed E-state index contributed by atoms with van der Waals surface area (Å²) in [6, 6.07) is 0. The predicted octanol–water partition coefficient (Wildman–Crippen LogP) is 1.42. The molecule has 0 bridgehead atoms. The van der Waals surface area contributed by atoms with Crippen molar-refractivity contribution in [2.24, 2.45) is 5.41 Å². The van der Waals surface area contributed by atoms with Crippen molar-refractivity contribution in [3.05, 3.63) is 0 Å². The minimum Gasteiger partial charge on any atom is -0.469 e. The van der Waals surface area contributed by atoms with E-state index < -0.39 is 29.1 Å². The maximum Gasteiger partial charge on any atom is 0.315 e. The number of aliphatic hydroxyl groups is 1. The van der Waals surface area contributed by atoms with Gasteiger partial charge in [-0.1, -0.05) is 0 Å². The maximum atomic E-state index is 11.9. The Labute approximate surface area is 107 Å². The molecular formula is C13H22O5. The average molecular weight is 258 g/mol. The van der Waals surface area contributed by atoms with Gasteiger partial charge in [-0.25, -0.2) is 0 Å². The molecule has 0 aromatic heterocycles. The van der Waals surface area contributed by atoms with E-state index in [1.807, 2.05) is 0 Å². The topological polar surface area (TPSA) is 72.8 Å². The van der Waals surface area contributed by atoms with Gasteiger partial charge in [0.25, 0.3) is 0 Å². The molecule has 0 aliphatic heterocycles. The van der Waals surface area contributed by atoms with Crippen LogP contribution in [0.4, 0.5) is 0 Å². The molecule has 0 spiro atoms. The van der Waals surface area contributed by atoms with Gasteiger partial charge in [-0.15, -0.1) is 0 Å². The molecule has 18 heavy (non-hydrogen) atoms. The van der Waals surface area contributed by atoms with Crippen LogP contribution in [0.5, 0.6) is 0 Å². The SMILES string of the molecule is COC(=O)C1(CC(=O)OC(C)(C)C)CCCC1O. The summed E-state index contributed by atoms with van der Waals surface area (Å²) in [4.78, 5) is 23.7. The maximum absolute atomic E-state index is 11.9. The first-order chi connectivity index (χ1) is 8.21. The first kappa shape index (κ1) is 15.0. The number of esters is 2. The molecule has 5 nitrogen and oxygen atoms in total. The molecule has 5 heteroatoms. The lowest BCUT2D eigenvalue weighted by molar-refractivity contribution is -0.171. The lowest BCUT2D eigenvalue weighted by atomic mass is 9.80. The van der Waals surface area contributed by atoms with Gasteiger partial charge in [0.15, 0.2) is 0 Å². The van der Waals surface area contributed by atoms with Crippen molar-refractivity contribution >= 4 is 11.9 Å². The van der Waals surface area contributed by atoms with E-state index in [0.29, 0.717) is 19.3 Å². The monoisotopic (exact) mass is 258 g/mol. The van der Waals surface area contributed by atoms with Crippen LogP contribution in [0.3, 0.4) is 0 Å². The Bertz CT molecular complexity index is 331. The highest BCUT2D eigenvalue weighted by Crippen LogP contribution is 2.43. The quantitative estimate of drug-likeness (QED) is 0.775. The molecule has 0 heterocycles. The standard InChI is InChI=1S/C13H22O5/c1-12(2,3)18-10(15)8-13(11(16)17-4)7-5-6-9(13)14/h9,14H,5-8H2,1-4H3. The fourth-order valence-corrected chi connectivity index (χ4v) is 2.41. The zero-order valence-corrected chi connectivity index (χ0v) is 11.5. The summed E-state index contributed by atoms with van der Waals surface area (Å²) >= 11 is 0. The highest BCUT2D eigenvalue weighted by Gasteiger charge is 2.51. The summed E-state index contributed by atoms with van der Waals surface area (Å²) < 4.78 is 9.94. The molecule has 1 fully saturated rings. The molecule has 1 N–H and O–H groups in total. The summed E-state index contributed by atoms with van der Waals surface area (Å²) in [5.74, 6) is -1.01. The summed E-state index contributed by atoms with van der Waals surface area (Å²) in [6.07, 6.45) is 0.715. The van der Waals surface area contributed by atoms with Crippen LogP contribution in [0, 0.1) is 5.41 Å². The van der Waals surface area contributed by atoms with Crippen molar-refractivity contribution in [1.82, 2.24) is 0 Å². The Balaban J connectivity index is 2.81. The van der Waals surface area contributed by atoms with Crippen LogP contribution < -0.4 is 0 Å². The molecule has 2 atom stereocenters. The normalized spacial score (nSPS) is 27.9. The van der Waals surface area contributed by atoms with E-state index in [2.05, 4.69) is 0 Å². The molecule has 0 aromatic carbocycles. The molecular weight excluding hydrogens is 236 g/mol. The van der Waals surface area contributed by atoms with E-state index in [1.165, 1.54) is 7.11 Å². The molecule has 1 aliphatic carbocycles. The Hall–Kier alpha value is -1.10. The van der Waals surface area contributed by atoms with Gasteiger partial charge >= 0.3 is 11.9 Å². The van der Waals surface area contributed by atoms with Crippen molar-refractivity contribution in [2.45, 2.75) is 58.2 Å². The molecule has 1 rings (SSSR count). The predicted molar refractivity (Wildman–Crippen MR) is 64.8 cm³/mol. The lowest BCUT2D eigenvalue weighted by Crippen LogP contribution is -2.42. The van der Waals surface area contributed by atoms with E-state index in [0.717, 1.165) is 0 Å². The lowest BCUT2D eigenvalue weighted by Gasteiger charge is -2.30. The summed E-state index contributed by atoms with van der Waals surface area (Å²) in [7, 11) is 1.27. The van der Waals surface area contributed by atoms with Crippen molar-refractivity contribution in [2.75, 3.05) is 7.11 Å². The van der Waals surface area contributed by atoms with Gasteiger partial charge in [0.2, 0.25) is 0 Å². The summed E-state index contributed by atoms with van der Waals surface area (Å²) in [6.45, 7) is 5.29. The van der Waals surface area contributed by atoms with Crippen LogP contribution in [0.2, 0.25) is 0 Å². The molecule has 0 radical (unpaired) electrons. The van der Waals surface area contributed by atoms with Crippen molar-refractivity contribution in [1.29, 1.82) is 0 Å². The summed E-state index contributed by atoms with van der Waals surface area (Å²) in [5.41, 5.74) is -1.73. The first-order valence-corrected chi connectivity index (χ1v) is 6.19. The van der Waals surface area contributed by atoms with Crippen molar-refractivity contribution < 1.29 is 24.2 Å². The minimum atomic E-state index is -1.13. The van der Waals surface area contributed by atoms with Crippen LogP contribution in [0.1, 0.15) is 46.5 Å². The third-order valence-electron chi connectivity index (χ3n) is 3.21. The van der Waals surface area contributed by atoms with Gasteiger partial charge in [0.1, 0.15) is 11.0 Å². The van der Waals surface area contributed by atoms with Gasteiger partial charge < -0.3 is 14.6 Å². The number of methoxy groups -OCH3 is 1. The van der Waals surface area contributed by atoms with Crippen LogP contribution in [-0.4, -0.2) is 35.9 Å². The second-order valence-electron chi connectivity index (χ2n) is 5.82. The second-order valence-corrected chi connectivity index (χ2v) is 5.82. The fourth-order valence-electron chi connectivity index (χ4n) is 2.41. The Morgan fingerprint density at radius 2 is 2.00 bits per heavy atom. The molecule has 0 saturated heterocycles. The van der Waals surface area contributed by atoms with Crippen molar-refractivity contribution in [3.63, 3.8) is 0 Å². The van der Waals surface area contributed by atoms with Gasteiger partial charge in [-0.2, -0.15) is 0 Å². The molecule has 0 aromatic rings. The van der Waals surface area contributed by atoms with E-state index in [4.69, 9.17) is 9.47 Å². The van der Waals surface area contributed by atoms with Gasteiger partial charge in [0, 0.05) is 0 Å². The van der Waals surface area contributed by atoms with E-state index in [1.54, 1.807) is 20.8 Å². The highest BCUT2D eigenvalue weighted by atomic mass is 16.6. The van der Waals surface area contributed by atoms with Crippen LogP contribution in [0.25, 0.3) is 0 Å². The number of hydrogen-bond donors (Lipinski definition) is 1. The third-order valence-corrected chi connectivity index (χ3v) is 3.21. The Morgan fingerprint density at radius 1 is 1.39 bits per heavy atom. The average Bonchev–Trinajstić information content (AvgIpc) is 2.57. The molecule has 1 saturated carbocycles. The fraction of sp³-hybridized carbons (Fsp3) is 0.846. The number of carbonyl (C=O) groups excluding carboxylic acids is 2. The van der Waals surface area contributed by atoms with Crippen LogP contribution >= 0.6 is 0 Å². The zero-order valence-electron chi connectivity index (χ0n) is 11.5. The number of aliphatic hydroxyl groups excluding tert-OH is 1. The highest BCUT2D eigenvalue weighted by molar-refractivity contribution is 5.84. The van der Waals surface area contributed by atoms with Gasteiger partial charge in [-0.05, 0) is 40.0 Å². The first-order valence-electron chi connectivity index (χ1n) is 6.19. The van der Waals surface area contributed by atoms with Gasteiger partial charge in [0.05, 0.1) is 19.6 Å². The van der Waals surface area contributed by atoms with E-state index in [-0.39, 0.29) is 6.42 Å². The largest absolute Gasteiger partial charge is 0.469 e. The van der Waals surface area contributed by atoms with Crippen LogP contribution in [-0.2, 0) is 19.1 Å².